The maximum atomic E-state index is 8.76. The number of nitriles is 1. The van der Waals surface area contributed by atoms with Crippen LogP contribution in [0.25, 0.3) is 0 Å². The van der Waals surface area contributed by atoms with E-state index in [1.54, 1.807) is 12.3 Å². The zero-order valence-corrected chi connectivity index (χ0v) is 10.7. The summed E-state index contributed by atoms with van der Waals surface area (Å²) >= 11 is 0. The van der Waals surface area contributed by atoms with E-state index in [4.69, 9.17) is 11.0 Å². The van der Waals surface area contributed by atoms with Crippen LogP contribution in [0, 0.1) is 11.3 Å². The van der Waals surface area contributed by atoms with Crippen LogP contribution in [0.15, 0.2) is 12.3 Å². The summed E-state index contributed by atoms with van der Waals surface area (Å²) in [6, 6.07) is 3.68. The van der Waals surface area contributed by atoms with Crippen LogP contribution >= 0.6 is 0 Å². The summed E-state index contributed by atoms with van der Waals surface area (Å²) in [7, 11) is 0. The van der Waals surface area contributed by atoms with Crippen molar-refractivity contribution in [3.63, 3.8) is 0 Å². The SMILES string of the molecule is CCC(CC)(CC)Nc1ncc(C#N)cc1N. The zero-order valence-electron chi connectivity index (χ0n) is 10.7. The number of nitrogens with two attached hydrogens (primary N) is 1. The van der Waals surface area contributed by atoms with E-state index >= 15 is 0 Å². The third kappa shape index (κ3) is 2.88. The molecule has 0 atom stereocenters. The highest BCUT2D eigenvalue weighted by Crippen LogP contribution is 2.27. The van der Waals surface area contributed by atoms with E-state index in [-0.39, 0.29) is 5.54 Å². The number of nitrogen functional groups attached to an aromatic ring is 1. The Kier molecular flexibility index (Phi) is 4.33. The first-order chi connectivity index (χ1) is 8.10. The van der Waals surface area contributed by atoms with Crippen molar-refractivity contribution in [3.8, 4) is 6.07 Å². The molecule has 0 aliphatic carbocycles. The second-order valence-electron chi connectivity index (χ2n) is 4.24. The first-order valence-electron chi connectivity index (χ1n) is 6.04. The van der Waals surface area contributed by atoms with Crippen LogP contribution in [-0.4, -0.2) is 10.5 Å². The van der Waals surface area contributed by atoms with Crippen LogP contribution in [0.5, 0.6) is 0 Å². The molecule has 0 spiro atoms. The molecule has 0 bridgehead atoms. The normalized spacial score (nSPS) is 10.9. The number of pyridine rings is 1. The minimum Gasteiger partial charge on any atom is -0.396 e. The quantitative estimate of drug-likeness (QED) is 0.818. The third-order valence-corrected chi connectivity index (χ3v) is 3.46. The standard InChI is InChI=1S/C13H20N4/c1-4-13(5-2,6-3)17-12-11(15)7-10(8-14)9-16-12/h7,9H,4-6,15H2,1-3H3,(H,16,17). The van der Waals surface area contributed by atoms with Gasteiger partial charge in [0.05, 0.1) is 11.3 Å². The van der Waals surface area contributed by atoms with Crippen LogP contribution in [0.2, 0.25) is 0 Å². The van der Waals surface area contributed by atoms with Gasteiger partial charge >= 0.3 is 0 Å². The highest BCUT2D eigenvalue weighted by Gasteiger charge is 2.24. The van der Waals surface area contributed by atoms with Gasteiger partial charge in [-0.15, -0.1) is 0 Å². The average molecular weight is 232 g/mol. The maximum absolute atomic E-state index is 8.76. The smallest absolute Gasteiger partial charge is 0.149 e. The third-order valence-electron chi connectivity index (χ3n) is 3.46. The van der Waals surface area contributed by atoms with Crippen molar-refractivity contribution in [1.29, 1.82) is 5.26 Å². The van der Waals surface area contributed by atoms with E-state index in [1.165, 1.54) is 0 Å². The summed E-state index contributed by atoms with van der Waals surface area (Å²) in [5, 5.41) is 12.2. The van der Waals surface area contributed by atoms with Gasteiger partial charge in [-0.3, -0.25) is 0 Å². The van der Waals surface area contributed by atoms with Gasteiger partial charge in [0.2, 0.25) is 0 Å². The Hall–Kier alpha value is -1.76. The zero-order chi connectivity index (χ0) is 12.9. The molecule has 0 aromatic carbocycles. The monoisotopic (exact) mass is 232 g/mol. The molecule has 4 heteroatoms. The van der Waals surface area contributed by atoms with Crippen molar-refractivity contribution in [2.75, 3.05) is 11.1 Å². The number of aromatic nitrogens is 1. The molecule has 0 amide bonds. The Bertz CT molecular complexity index is 408. The Balaban J connectivity index is 2.99. The number of nitrogens with one attached hydrogen (secondary N) is 1. The van der Waals surface area contributed by atoms with Crippen molar-refractivity contribution in [1.82, 2.24) is 4.98 Å². The van der Waals surface area contributed by atoms with E-state index in [0.29, 0.717) is 17.1 Å². The lowest BCUT2D eigenvalue weighted by Gasteiger charge is -2.32. The van der Waals surface area contributed by atoms with Gasteiger partial charge in [-0.2, -0.15) is 5.26 Å². The van der Waals surface area contributed by atoms with Crippen molar-refractivity contribution in [2.24, 2.45) is 0 Å². The van der Waals surface area contributed by atoms with Gasteiger partial charge in [0, 0.05) is 11.7 Å². The van der Waals surface area contributed by atoms with E-state index < -0.39 is 0 Å². The fourth-order valence-corrected chi connectivity index (χ4v) is 1.91. The van der Waals surface area contributed by atoms with E-state index in [0.717, 1.165) is 19.3 Å². The summed E-state index contributed by atoms with van der Waals surface area (Å²) in [4.78, 5) is 4.22. The van der Waals surface area contributed by atoms with Gasteiger partial charge in [-0.1, -0.05) is 20.8 Å². The first kappa shape index (κ1) is 13.3. The molecule has 4 nitrogen and oxygen atoms in total. The lowest BCUT2D eigenvalue weighted by atomic mass is 9.90. The molecule has 3 N–H and O–H groups in total. The van der Waals surface area contributed by atoms with Gasteiger partial charge < -0.3 is 11.1 Å². The summed E-state index contributed by atoms with van der Waals surface area (Å²) in [6.45, 7) is 6.46. The van der Waals surface area contributed by atoms with Crippen molar-refractivity contribution in [3.05, 3.63) is 17.8 Å². The highest BCUT2D eigenvalue weighted by atomic mass is 15.1. The molecule has 1 rings (SSSR count). The Morgan fingerprint density at radius 2 is 1.94 bits per heavy atom. The lowest BCUT2D eigenvalue weighted by molar-refractivity contribution is 0.419. The van der Waals surface area contributed by atoms with Gasteiger partial charge in [-0.05, 0) is 25.3 Å². The van der Waals surface area contributed by atoms with Gasteiger partial charge in [0.25, 0.3) is 0 Å². The Morgan fingerprint density at radius 3 is 2.35 bits per heavy atom. The maximum Gasteiger partial charge on any atom is 0.149 e. The molecule has 0 unspecified atom stereocenters. The average Bonchev–Trinajstić information content (AvgIpc) is 2.38. The molecule has 0 radical (unpaired) electrons. The topological polar surface area (TPSA) is 74.7 Å². The number of hydrogen-bond donors (Lipinski definition) is 2. The number of anilines is 2. The van der Waals surface area contributed by atoms with Crippen molar-refractivity contribution < 1.29 is 0 Å². The minimum atomic E-state index is 0.0370. The van der Waals surface area contributed by atoms with Gasteiger partial charge in [-0.25, -0.2) is 4.98 Å². The van der Waals surface area contributed by atoms with E-state index in [1.807, 2.05) is 6.07 Å². The van der Waals surface area contributed by atoms with Crippen molar-refractivity contribution in [2.45, 2.75) is 45.6 Å². The molecule has 0 saturated carbocycles. The second-order valence-corrected chi connectivity index (χ2v) is 4.24. The fourth-order valence-electron chi connectivity index (χ4n) is 1.91. The van der Waals surface area contributed by atoms with Crippen LogP contribution in [-0.2, 0) is 0 Å². The predicted octanol–water partition coefficient (Wildman–Crippen LogP) is 2.92. The van der Waals surface area contributed by atoms with Crippen molar-refractivity contribution >= 4 is 11.5 Å². The molecule has 0 aliphatic heterocycles. The summed E-state index contributed by atoms with van der Waals surface area (Å²) in [6.07, 6.45) is 4.59. The molecular weight excluding hydrogens is 212 g/mol. The predicted molar refractivity (Wildman–Crippen MR) is 70.6 cm³/mol. The fraction of sp³-hybridized carbons (Fsp3) is 0.538. The molecule has 17 heavy (non-hydrogen) atoms. The number of hydrogen-bond acceptors (Lipinski definition) is 4. The second kappa shape index (κ2) is 5.53. The van der Waals surface area contributed by atoms with E-state index in [9.17, 15) is 0 Å². The van der Waals surface area contributed by atoms with Crippen LogP contribution in [0.4, 0.5) is 11.5 Å². The summed E-state index contributed by atoms with van der Waals surface area (Å²) < 4.78 is 0. The van der Waals surface area contributed by atoms with Gasteiger partial charge in [0.1, 0.15) is 11.9 Å². The molecule has 1 aromatic heterocycles. The summed E-state index contributed by atoms with van der Waals surface area (Å²) in [5.41, 5.74) is 6.95. The molecule has 92 valence electrons. The van der Waals surface area contributed by atoms with Crippen LogP contribution < -0.4 is 11.1 Å². The Morgan fingerprint density at radius 1 is 1.35 bits per heavy atom. The minimum absolute atomic E-state index is 0.0370. The van der Waals surface area contributed by atoms with Crippen LogP contribution in [0.1, 0.15) is 45.6 Å². The number of rotatable bonds is 5. The first-order valence-corrected chi connectivity index (χ1v) is 6.04. The molecule has 0 fully saturated rings. The largest absolute Gasteiger partial charge is 0.396 e. The molecule has 0 aliphatic rings. The molecule has 1 aromatic rings. The molecular formula is C13H20N4. The molecule has 0 saturated heterocycles. The van der Waals surface area contributed by atoms with E-state index in [2.05, 4.69) is 31.1 Å². The summed E-state index contributed by atoms with van der Waals surface area (Å²) in [5.74, 6) is 0.676. The van der Waals surface area contributed by atoms with Gasteiger partial charge in [0.15, 0.2) is 0 Å². The number of nitrogens with zero attached hydrogens (tertiary/aromatic N) is 2. The molecule has 1 heterocycles. The lowest BCUT2D eigenvalue weighted by Crippen LogP contribution is -2.36. The Labute approximate surface area is 103 Å². The van der Waals surface area contributed by atoms with Crippen LogP contribution in [0.3, 0.4) is 0 Å². The highest BCUT2D eigenvalue weighted by molar-refractivity contribution is 5.64.